The first-order chi connectivity index (χ1) is 12.5. The van der Waals surface area contributed by atoms with Crippen LogP contribution >= 0.6 is 11.3 Å². The summed E-state index contributed by atoms with van der Waals surface area (Å²) in [4.78, 5) is 13.2. The third-order valence-electron chi connectivity index (χ3n) is 4.19. The van der Waals surface area contributed by atoms with Crippen molar-refractivity contribution in [3.8, 4) is 0 Å². The topological polar surface area (TPSA) is 78.8 Å². The van der Waals surface area contributed by atoms with Gasteiger partial charge in [0.1, 0.15) is 5.82 Å². The van der Waals surface area contributed by atoms with Crippen molar-refractivity contribution < 1.29 is 17.6 Å². The first-order valence-corrected chi connectivity index (χ1v) is 10.4. The molecule has 26 heavy (non-hydrogen) atoms. The van der Waals surface area contributed by atoms with Gasteiger partial charge in [0.25, 0.3) is 0 Å². The van der Waals surface area contributed by atoms with E-state index in [0.29, 0.717) is 12.8 Å². The predicted octanol–water partition coefficient (Wildman–Crippen LogP) is 2.44. The number of hydrogen-bond acceptors (Lipinski definition) is 5. The lowest BCUT2D eigenvalue weighted by Crippen LogP contribution is -2.42. The number of amides is 1. The van der Waals surface area contributed by atoms with E-state index < -0.39 is 15.8 Å². The monoisotopic (exact) mass is 395 g/mol. The average Bonchev–Trinajstić information content (AvgIpc) is 3.15. The minimum atomic E-state index is -3.67. The Labute approximate surface area is 155 Å². The Morgan fingerprint density at radius 1 is 1.23 bits per heavy atom. The molecule has 6 nitrogen and oxygen atoms in total. The van der Waals surface area contributed by atoms with Crippen LogP contribution < -0.4 is 5.43 Å². The number of rotatable bonds is 5. The highest BCUT2D eigenvalue weighted by atomic mass is 32.2. The van der Waals surface area contributed by atoms with E-state index in [1.54, 1.807) is 6.21 Å². The number of thiophene rings is 1. The van der Waals surface area contributed by atoms with Gasteiger partial charge < -0.3 is 0 Å². The zero-order valence-corrected chi connectivity index (χ0v) is 15.5. The maximum atomic E-state index is 13.0. The summed E-state index contributed by atoms with van der Waals surface area (Å²) in [5.41, 5.74) is 2.51. The number of carbonyl (C=O) groups excluding carboxylic acids is 1. The Bertz CT molecular complexity index is 872. The van der Waals surface area contributed by atoms with E-state index in [1.165, 1.54) is 27.8 Å². The lowest BCUT2D eigenvalue weighted by molar-refractivity contribution is -0.126. The second-order valence-electron chi connectivity index (χ2n) is 5.88. The second kappa shape index (κ2) is 8.07. The molecule has 0 unspecified atom stereocenters. The standard InChI is InChI=1S/C17H18FN3O3S2/c18-14-3-5-16(6-4-14)26(23,24)21-9-7-13(8-10-21)17(22)20-19-12-15-2-1-11-25-15/h1-6,11-13H,7-10H2,(H,20,22)/b19-12-. The Kier molecular flexibility index (Phi) is 5.80. The highest BCUT2D eigenvalue weighted by Gasteiger charge is 2.32. The van der Waals surface area contributed by atoms with Crippen LogP contribution in [-0.4, -0.2) is 37.9 Å². The van der Waals surface area contributed by atoms with Crippen LogP contribution in [0.4, 0.5) is 4.39 Å². The van der Waals surface area contributed by atoms with Crippen LogP contribution in [0.15, 0.2) is 51.8 Å². The fourth-order valence-electron chi connectivity index (χ4n) is 2.73. The number of hydrazone groups is 1. The van der Waals surface area contributed by atoms with Crippen molar-refractivity contribution in [2.45, 2.75) is 17.7 Å². The Hall–Kier alpha value is -2.10. The van der Waals surface area contributed by atoms with Crippen molar-refractivity contribution in [3.05, 3.63) is 52.5 Å². The van der Waals surface area contributed by atoms with Gasteiger partial charge in [0, 0.05) is 23.9 Å². The summed E-state index contributed by atoms with van der Waals surface area (Å²) in [6.45, 7) is 0.485. The molecule has 3 rings (SSSR count). The first kappa shape index (κ1) is 18.7. The summed E-state index contributed by atoms with van der Waals surface area (Å²) in [6.07, 6.45) is 2.41. The lowest BCUT2D eigenvalue weighted by Gasteiger charge is -2.30. The molecule has 0 bridgehead atoms. The van der Waals surface area contributed by atoms with Gasteiger partial charge in [-0.25, -0.2) is 18.2 Å². The zero-order valence-electron chi connectivity index (χ0n) is 13.8. The molecule has 0 spiro atoms. The molecule has 2 aromatic rings. The van der Waals surface area contributed by atoms with Gasteiger partial charge >= 0.3 is 0 Å². The van der Waals surface area contributed by atoms with Crippen LogP contribution in [0.25, 0.3) is 0 Å². The molecule has 1 amide bonds. The summed E-state index contributed by atoms with van der Waals surface area (Å²) < 4.78 is 39.4. The van der Waals surface area contributed by atoms with Gasteiger partial charge in [-0.15, -0.1) is 11.3 Å². The second-order valence-corrected chi connectivity index (χ2v) is 8.80. The number of sulfonamides is 1. The van der Waals surface area contributed by atoms with E-state index in [-0.39, 0.29) is 29.8 Å². The number of benzene rings is 1. The molecule has 1 aromatic heterocycles. The van der Waals surface area contributed by atoms with Crippen molar-refractivity contribution in [1.29, 1.82) is 0 Å². The van der Waals surface area contributed by atoms with Gasteiger partial charge in [0.15, 0.2) is 0 Å². The number of hydrogen-bond donors (Lipinski definition) is 1. The molecule has 0 saturated carbocycles. The quantitative estimate of drug-likeness (QED) is 0.624. The van der Waals surface area contributed by atoms with E-state index >= 15 is 0 Å². The van der Waals surface area contributed by atoms with Crippen molar-refractivity contribution >= 4 is 33.5 Å². The van der Waals surface area contributed by atoms with Gasteiger partial charge in [-0.2, -0.15) is 9.41 Å². The number of carbonyl (C=O) groups is 1. The average molecular weight is 395 g/mol. The fourth-order valence-corrected chi connectivity index (χ4v) is 4.78. The summed E-state index contributed by atoms with van der Waals surface area (Å²) in [7, 11) is -3.67. The van der Waals surface area contributed by atoms with Crippen LogP contribution in [0.1, 0.15) is 17.7 Å². The molecule has 1 saturated heterocycles. The van der Waals surface area contributed by atoms with Crippen molar-refractivity contribution in [2.24, 2.45) is 11.0 Å². The number of nitrogens with one attached hydrogen (secondary N) is 1. The molecule has 0 atom stereocenters. The van der Waals surface area contributed by atoms with Crippen LogP contribution in [0, 0.1) is 11.7 Å². The van der Waals surface area contributed by atoms with E-state index in [4.69, 9.17) is 0 Å². The van der Waals surface area contributed by atoms with Crippen molar-refractivity contribution in [2.75, 3.05) is 13.1 Å². The van der Waals surface area contributed by atoms with Crippen LogP contribution in [0.5, 0.6) is 0 Å². The van der Waals surface area contributed by atoms with Gasteiger partial charge in [-0.05, 0) is 48.6 Å². The fraction of sp³-hybridized carbons (Fsp3) is 0.294. The minimum absolute atomic E-state index is 0.0577. The van der Waals surface area contributed by atoms with Crippen LogP contribution in [-0.2, 0) is 14.8 Å². The normalized spacial score (nSPS) is 16.8. The van der Waals surface area contributed by atoms with E-state index in [1.807, 2.05) is 17.5 Å². The highest BCUT2D eigenvalue weighted by molar-refractivity contribution is 7.89. The molecular weight excluding hydrogens is 377 g/mol. The number of piperidine rings is 1. The summed E-state index contributed by atoms with van der Waals surface area (Å²) in [5.74, 6) is -0.978. The largest absolute Gasteiger partial charge is 0.273 e. The maximum Gasteiger partial charge on any atom is 0.243 e. The van der Waals surface area contributed by atoms with Gasteiger partial charge in [0.2, 0.25) is 15.9 Å². The Morgan fingerprint density at radius 3 is 2.54 bits per heavy atom. The molecule has 1 fully saturated rings. The molecule has 9 heteroatoms. The third kappa shape index (κ3) is 4.35. The van der Waals surface area contributed by atoms with Crippen molar-refractivity contribution in [1.82, 2.24) is 9.73 Å². The highest BCUT2D eigenvalue weighted by Crippen LogP contribution is 2.24. The maximum absolute atomic E-state index is 13.0. The molecule has 1 aliphatic rings. The van der Waals surface area contributed by atoms with Crippen molar-refractivity contribution in [3.63, 3.8) is 0 Å². The van der Waals surface area contributed by atoms with E-state index in [9.17, 15) is 17.6 Å². The molecule has 138 valence electrons. The van der Waals surface area contributed by atoms with Crippen LogP contribution in [0.3, 0.4) is 0 Å². The summed E-state index contributed by atoms with van der Waals surface area (Å²) in [6, 6.07) is 8.53. The van der Waals surface area contributed by atoms with Crippen LogP contribution in [0.2, 0.25) is 0 Å². The number of halogens is 1. The molecule has 0 aliphatic carbocycles. The SMILES string of the molecule is O=C(N/N=C\c1cccs1)C1CCN(S(=O)(=O)c2ccc(F)cc2)CC1. The summed E-state index contributed by atoms with van der Waals surface area (Å²) in [5, 5.41) is 5.85. The van der Waals surface area contributed by atoms with E-state index in [2.05, 4.69) is 10.5 Å². The molecule has 1 N–H and O–H groups in total. The van der Waals surface area contributed by atoms with Gasteiger partial charge in [-0.1, -0.05) is 6.07 Å². The zero-order chi connectivity index (χ0) is 18.6. The smallest absolute Gasteiger partial charge is 0.243 e. The number of nitrogens with zero attached hydrogens (tertiary/aromatic N) is 2. The molecule has 0 radical (unpaired) electrons. The lowest BCUT2D eigenvalue weighted by atomic mass is 9.98. The molecular formula is C17H18FN3O3S2. The molecule has 1 aromatic carbocycles. The van der Waals surface area contributed by atoms with E-state index in [0.717, 1.165) is 17.0 Å². The minimum Gasteiger partial charge on any atom is -0.273 e. The Balaban J connectivity index is 1.55. The predicted molar refractivity (Wildman–Crippen MR) is 97.9 cm³/mol. The summed E-state index contributed by atoms with van der Waals surface area (Å²) >= 11 is 1.51. The first-order valence-electron chi connectivity index (χ1n) is 8.09. The Morgan fingerprint density at radius 2 is 1.92 bits per heavy atom. The third-order valence-corrected chi connectivity index (χ3v) is 6.91. The van der Waals surface area contributed by atoms with Gasteiger partial charge in [0.05, 0.1) is 11.1 Å². The van der Waals surface area contributed by atoms with Gasteiger partial charge in [-0.3, -0.25) is 4.79 Å². The molecule has 2 heterocycles. The molecule has 1 aliphatic heterocycles.